The molecular weight excluding hydrogens is 477 g/mol. The molecule has 0 aliphatic heterocycles. The number of benzene rings is 1. The van der Waals surface area contributed by atoms with Gasteiger partial charge >= 0.3 is 6.18 Å². The summed E-state index contributed by atoms with van der Waals surface area (Å²) in [5.74, 6) is -1.26. The van der Waals surface area contributed by atoms with Crippen molar-refractivity contribution in [2.45, 2.75) is 24.9 Å². The minimum atomic E-state index is -4.94. The normalized spacial score (nSPS) is 12.1. The average Bonchev–Trinajstić information content (AvgIpc) is 3.26. The number of carbonyl (C=O) groups is 1. The maximum absolute atomic E-state index is 13.8. The van der Waals surface area contributed by atoms with E-state index in [0.29, 0.717) is 4.68 Å². The average molecular weight is 498 g/mol. The summed E-state index contributed by atoms with van der Waals surface area (Å²) in [4.78, 5) is 12.7. The van der Waals surface area contributed by atoms with E-state index in [4.69, 9.17) is 4.74 Å². The molecule has 1 aromatic carbocycles. The van der Waals surface area contributed by atoms with Gasteiger partial charge in [0.1, 0.15) is 0 Å². The monoisotopic (exact) mass is 498 g/mol. The second kappa shape index (κ2) is 9.77. The Kier molecular flexibility index (Phi) is 7.21. The van der Waals surface area contributed by atoms with Crippen LogP contribution in [0.5, 0.6) is 5.88 Å². The maximum atomic E-state index is 13.8. The Labute approximate surface area is 193 Å². The summed E-state index contributed by atoms with van der Waals surface area (Å²) in [6, 6.07) is 7.64. The summed E-state index contributed by atoms with van der Waals surface area (Å²) in [5.41, 5.74) is -1.98. The molecule has 0 spiro atoms. The van der Waals surface area contributed by atoms with Crippen molar-refractivity contribution in [3.05, 3.63) is 53.9 Å². The van der Waals surface area contributed by atoms with E-state index in [-0.39, 0.29) is 35.4 Å². The standard InChI is InChI=1S/C20H21F3N6O4S/c1-4-28(5-2)34(31,32)14-8-6-13(7-9-14)25-19(30)15-12-24-29(18(15)20(21,22)23)16-10-11-17(33-3)27-26-16/h6-12H,4-5H2,1-3H3,(H,25,30). The fraction of sp³-hybridized carbons (Fsp3) is 0.300. The van der Waals surface area contributed by atoms with Crippen molar-refractivity contribution in [3.8, 4) is 11.7 Å². The second-order valence-electron chi connectivity index (χ2n) is 6.82. The molecule has 3 rings (SSSR count). The molecular formula is C20H21F3N6O4S. The van der Waals surface area contributed by atoms with Crippen molar-refractivity contribution >= 4 is 21.6 Å². The summed E-state index contributed by atoms with van der Waals surface area (Å²) in [7, 11) is -2.39. The zero-order valence-corrected chi connectivity index (χ0v) is 19.2. The molecule has 0 bridgehead atoms. The molecule has 0 fully saturated rings. The van der Waals surface area contributed by atoms with Gasteiger partial charge in [0.05, 0.1) is 23.8 Å². The van der Waals surface area contributed by atoms with Gasteiger partial charge in [0, 0.05) is 24.8 Å². The van der Waals surface area contributed by atoms with Crippen LogP contribution in [0.2, 0.25) is 0 Å². The molecule has 2 heterocycles. The van der Waals surface area contributed by atoms with Crippen molar-refractivity contribution in [2.75, 3.05) is 25.5 Å². The molecule has 0 saturated heterocycles. The fourth-order valence-corrected chi connectivity index (χ4v) is 4.58. The van der Waals surface area contributed by atoms with Gasteiger partial charge in [-0.05, 0) is 30.3 Å². The van der Waals surface area contributed by atoms with Gasteiger partial charge in [-0.1, -0.05) is 13.8 Å². The van der Waals surface area contributed by atoms with Crippen LogP contribution in [0.15, 0.2) is 47.5 Å². The van der Waals surface area contributed by atoms with E-state index in [9.17, 15) is 26.4 Å². The van der Waals surface area contributed by atoms with Crippen molar-refractivity contribution in [1.82, 2.24) is 24.3 Å². The Morgan fingerprint density at radius 1 is 1.09 bits per heavy atom. The van der Waals surface area contributed by atoms with Gasteiger partial charge in [0.25, 0.3) is 5.91 Å². The summed E-state index contributed by atoms with van der Waals surface area (Å²) < 4.78 is 73.1. The van der Waals surface area contributed by atoms with E-state index in [2.05, 4.69) is 20.6 Å². The highest BCUT2D eigenvalue weighted by molar-refractivity contribution is 7.89. The quantitative estimate of drug-likeness (QED) is 0.507. The molecule has 1 amide bonds. The summed E-state index contributed by atoms with van der Waals surface area (Å²) in [5, 5.41) is 13.3. The third-order valence-electron chi connectivity index (χ3n) is 4.79. The number of nitrogens with one attached hydrogen (secondary N) is 1. The van der Waals surface area contributed by atoms with Crippen LogP contribution in [0.3, 0.4) is 0 Å². The smallest absolute Gasteiger partial charge is 0.434 e. The van der Waals surface area contributed by atoms with E-state index in [1.807, 2.05) is 0 Å². The first kappa shape index (κ1) is 25.1. The largest absolute Gasteiger partial charge is 0.480 e. The molecule has 0 unspecified atom stereocenters. The van der Waals surface area contributed by atoms with Gasteiger partial charge < -0.3 is 10.1 Å². The molecule has 0 saturated carbocycles. The summed E-state index contributed by atoms with van der Waals surface area (Å²) in [6.45, 7) is 3.96. The summed E-state index contributed by atoms with van der Waals surface area (Å²) >= 11 is 0. The number of anilines is 1. The molecule has 3 aromatic rings. The third-order valence-corrected chi connectivity index (χ3v) is 6.85. The highest BCUT2D eigenvalue weighted by Gasteiger charge is 2.41. The molecule has 0 aliphatic carbocycles. The number of alkyl halides is 3. The van der Waals surface area contributed by atoms with Crippen LogP contribution in [0.25, 0.3) is 5.82 Å². The van der Waals surface area contributed by atoms with E-state index < -0.39 is 33.4 Å². The number of carbonyl (C=O) groups excluding carboxylic acids is 1. The lowest BCUT2D eigenvalue weighted by Gasteiger charge is -2.18. The fourth-order valence-electron chi connectivity index (χ4n) is 3.12. The van der Waals surface area contributed by atoms with Gasteiger partial charge in [-0.3, -0.25) is 4.79 Å². The number of aromatic nitrogens is 4. The molecule has 0 aliphatic rings. The number of hydrogen-bond acceptors (Lipinski definition) is 7. The Bertz CT molecular complexity index is 1250. The Balaban J connectivity index is 1.90. The van der Waals surface area contributed by atoms with Crippen LogP contribution >= 0.6 is 0 Å². The Hall–Kier alpha value is -3.52. The first-order valence-corrected chi connectivity index (χ1v) is 11.4. The highest BCUT2D eigenvalue weighted by atomic mass is 32.2. The van der Waals surface area contributed by atoms with Gasteiger partial charge in [-0.2, -0.15) is 22.6 Å². The predicted molar refractivity (Wildman–Crippen MR) is 115 cm³/mol. The predicted octanol–water partition coefficient (Wildman–Crippen LogP) is 2.97. The lowest BCUT2D eigenvalue weighted by Crippen LogP contribution is -2.30. The van der Waals surface area contributed by atoms with Crippen LogP contribution in [-0.2, 0) is 16.2 Å². The maximum Gasteiger partial charge on any atom is 0.434 e. The van der Waals surface area contributed by atoms with E-state index >= 15 is 0 Å². The first-order valence-electron chi connectivity index (χ1n) is 9.97. The lowest BCUT2D eigenvalue weighted by molar-refractivity contribution is -0.143. The minimum absolute atomic E-state index is 0.00363. The van der Waals surface area contributed by atoms with E-state index in [1.54, 1.807) is 13.8 Å². The molecule has 34 heavy (non-hydrogen) atoms. The Morgan fingerprint density at radius 3 is 2.24 bits per heavy atom. The summed E-state index contributed by atoms with van der Waals surface area (Å²) in [6.07, 6.45) is -4.17. The van der Waals surface area contributed by atoms with Crippen LogP contribution < -0.4 is 10.1 Å². The molecule has 10 nitrogen and oxygen atoms in total. The number of methoxy groups -OCH3 is 1. The number of amides is 1. The molecule has 0 atom stereocenters. The van der Waals surface area contributed by atoms with Crippen LogP contribution in [-0.4, -0.2) is 58.8 Å². The van der Waals surface area contributed by atoms with Crippen molar-refractivity contribution < 1.29 is 31.1 Å². The van der Waals surface area contributed by atoms with Crippen LogP contribution in [0.4, 0.5) is 18.9 Å². The third kappa shape index (κ3) is 5.02. The highest BCUT2D eigenvalue weighted by Crippen LogP contribution is 2.33. The van der Waals surface area contributed by atoms with Gasteiger partial charge in [0.15, 0.2) is 11.5 Å². The van der Waals surface area contributed by atoms with E-state index in [1.165, 1.54) is 47.8 Å². The number of hydrogen-bond donors (Lipinski definition) is 1. The zero-order valence-electron chi connectivity index (χ0n) is 18.4. The van der Waals surface area contributed by atoms with Crippen LogP contribution in [0.1, 0.15) is 29.9 Å². The number of ether oxygens (including phenoxy) is 1. The van der Waals surface area contributed by atoms with E-state index in [0.717, 1.165) is 6.20 Å². The van der Waals surface area contributed by atoms with Gasteiger partial charge in [-0.25, -0.2) is 13.1 Å². The Morgan fingerprint density at radius 2 is 1.74 bits per heavy atom. The number of rotatable bonds is 8. The molecule has 182 valence electrons. The van der Waals surface area contributed by atoms with Gasteiger partial charge in [0.2, 0.25) is 15.9 Å². The molecule has 2 aromatic heterocycles. The lowest BCUT2D eigenvalue weighted by atomic mass is 10.2. The van der Waals surface area contributed by atoms with Crippen molar-refractivity contribution in [1.29, 1.82) is 0 Å². The number of sulfonamides is 1. The molecule has 0 radical (unpaired) electrons. The molecule has 1 N–H and O–H groups in total. The number of nitrogens with zero attached hydrogens (tertiary/aromatic N) is 5. The van der Waals surface area contributed by atoms with Crippen molar-refractivity contribution in [3.63, 3.8) is 0 Å². The SMILES string of the molecule is CCN(CC)S(=O)(=O)c1ccc(NC(=O)c2cnn(-c3ccc(OC)nn3)c2C(F)(F)F)cc1. The van der Waals surface area contributed by atoms with Crippen molar-refractivity contribution in [2.24, 2.45) is 0 Å². The molecule has 14 heteroatoms. The topological polar surface area (TPSA) is 119 Å². The minimum Gasteiger partial charge on any atom is -0.480 e. The number of halogens is 3. The van der Waals surface area contributed by atoms with Crippen LogP contribution in [0, 0.1) is 0 Å². The van der Waals surface area contributed by atoms with Gasteiger partial charge in [-0.15, -0.1) is 10.2 Å². The second-order valence-corrected chi connectivity index (χ2v) is 8.76. The first-order chi connectivity index (χ1) is 16.0. The zero-order chi connectivity index (χ0) is 25.1.